The molecule has 0 spiro atoms. The normalized spacial score (nSPS) is 28.7. The van der Waals surface area contributed by atoms with Crippen molar-refractivity contribution in [1.82, 2.24) is 19.5 Å². The van der Waals surface area contributed by atoms with Gasteiger partial charge in [-0.1, -0.05) is 12.8 Å². The highest BCUT2D eigenvalue weighted by molar-refractivity contribution is 5.82. The smallest absolute Gasteiger partial charge is 0.294 e. The van der Waals surface area contributed by atoms with E-state index < -0.39 is 36.2 Å². The van der Waals surface area contributed by atoms with Crippen molar-refractivity contribution in [2.45, 2.75) is 56.3 Å². The molecule has 1 saturated carbocycles. The van der Waals surface area contributed by atoms with Crippen molar-refractivity contribution in [2.24, 2.45) is 0 Å². The number of rotatable bonds is 6. The number of aromatic nitrogens is 4. The third-order valence-electron chi connectivity index (χ3n) is 5.01. The van der Waals surface area contributed by atoms with Crippen LogP contribution in [0.25, 0.3) is 11.2 Å². The number of ether oxygens (including phenoxy) is 1. The van der Waals surface area contributed by atoms with Crippen LogP contribution in [0.1, 0.15) is 31.9 Å². The standard InChI is InChI=1S/C15H20N6O6/c22-11-9(5-26-21(24)25)27-15(12(11)23)20-7-18-10-13(16-6-17-14(10)20)19-8-3-1-2-4-8/h6-9,11-12,15,22-23H,1-5H2,(H,16,17,19)/t9-,11-,12-,15-/m0/s1. The molecule has 1 saturated heterocycles. The molecule has 0 bridgehead atoms. The van der Waals surface area contributed by atoms with Gasteiger partial charge in [0, 0.05) is 6.04 Å². The minimum absolute atomic E-state index is 0.340. The topological polar surface area (TPSA) is 158 Å². The third kappa shape index (κ3) is 3.38. The molecule has 12 nitrogen and oxygen atoms in total. The fraction of sp³-hybridized carbons (Fsp3) is 0.667. The maximum Gasteiger partial charge on any atom is 0.294 e. The number of nitrogens with one attached hydrogen (secondary N) is 1. The van der Waals surface area contributed by atoms with E-state index in [1.54, 1.807) is 0 Å². The van der Waals surface area contributed by atoms with Crippen LogP contribution < -0.4 is 5.32 Å². The zero-order valence-electron chi connectivity index (χ0n) is 14.3. The molecule has 4 atom stereocenters. The van der Waals surface area contributed by atoms with Gasteiger partial charge in [0.15, 0.2) is 23.2 Å². The van der Waals surface area contributed by atoms with Crippen LogP contribution in [0.3, 0.4) is 0 Å². The summed E-state index contributed by atoms with van der Waals surface area (Å²) in [6.07, 6.45) is 2.61. The van der Waals surface area contributed by atoms with E-state index in [0.29, 0.717) is 23.0 Å². The molecule has 2 aromatic heterocycles. The van der Waals surface area contributed by atoms with Crippen LogP contribution >= 0.6 is 0 Å². The Balaban J connectivity index is 1.57. The molecule has 2 aromatic rings. The van der Waals surface area contributed by atoms with Gasteiger partial charge < -0.3 is 25.1 Å². The number of aliphatic hydroxyl groups excluding tert-OH is 2. The van der Waals surface area contributed by atoms with Gasteiger partial charge in [0.25, 0.3) is 5.09 Å². The molecule has 2 fully saturated rings. The van der Waals surface area contributed by atoms with Gasteiger partial charge in [-0.3, -0.25) is 4.57 Å². The summed E-state index contributed by atoms with van der Waals surface area (Å²) in [6, 6.07) is 0.340. The van der Waals surface area contributed by atoms with E-state index in [9.17, 15) is 20.3 Å². The van der Waals surface area contributed by atoms with Crippen LogP contribution in [0, 0.1) is 10.1 Å². The summed E-state index contributed by atoms with van der Waals surface area (Å²) in [5, 5.41) is 33.2. The lowest BCUT2D eigenvalue weighted by molar-refractivity contribution is -0.759. The monoisotopic (exact) mass is 380 g/mol. The first-order valence-electron chi connectivity index (χ1n) is 8.77. The Hall–Kier alpha value is -2.57. The van der Waals surface area contributed by atoms with E-state index >= 15 is 0 Å². The average molecular weight is 380 g/mol. The SMILES string of the molecule is O=[N+]([O-])OC[C@@H]1O[C@H](n2cnc3c(NC4CCCC4)ncnc32)[C@@H](O)[C@H]1O. The molecule has 3 N–H and O–H groups in total. The van der Waals surface area contributed by atoms with Crippen molar-refractivity contribution in [3.05, 3.63) is 22.8 Å². The molecule has 1 aliphatic carbocycles. The Morgan fingerprint density at radius 3 is 2.81 bits per heavy atom. The highest BCUT2D eigenvalue weighted by atomic mass is 17.0. The molecule has 0 aromatic carbocycles. The van der Waals surface area contributed by atoms with E-state index in [0.717, 1.165) is 12.8 Å². The van der Waals surface area contributed by atoms with Gasteiger partial charge in [0.05, 0.1) is 6.33 Å². The zero-order chi connectivity index (χ0) is 19.0. The summed E-state index contributed by atoms with van der Waals surface area (Å²) in [7, 11) is 0. The van der Waals surface area contributed by atoms with Gasteiger partial charge in [-0.05, 0) is 12.8 Å². The lowest BCUT2D eigenvalue weighted by atomic mass is 10.1. The van der Waals surface area contributed by atoms with E-state index in [4.69, 9.17) is 4.74 Å². The Morgan fingerprint density at radius 1 is 1.30 bits per heavy atom. The van der Waals surface area contributed by atoms with Gasteiger partial charge in [0.1, 0.15) is 31.2 Å². The number of hydrogen-bond donors (Lipinski definition) is 3. The van der Waals surface area contributed by atoms with Crippen LogP contribution in [0.2, 0.25) is 0 Å². The maximum atomic E-state index is 10.4. The molecule has 0 unspecified atom stereocenters. The first kappa shape index (κ1) is 17.8. The van der Waals surface area contributed by atoms with Gasteiger partial charge in [-0.25, -0.2) is 15.0 Å². The minimum Gasteiger partial charge on any atom is -0.387 e. The number of aliphatic hydroxyl groups is 2. The lowest BCUT2D eigenvalue weighted by Crippen LogP contribution is -2.34. The average Bonchev–Trinajstić information content (AvgIpc) is 3.36. The second-order valence-electron chi connectivity index (χ2n) is 6.74. The first-order chi connectivity index (χ1) is 13.0. The number of hydrogen-bond acceptors (Lipinski definition) is 10. The van der Waals surface area contributed by atoms with Crippen LogP contribution in [-0.4, -0.2) is 65.8 Å². The maximum absolute atomic E-state index is 10.4. The number of imidazole rings is 1. The van der Waals surface area contributed by atoms with E-state index in [1.807, 2.05) is 0 Å². The summed E-state index contributed by atoms with van der Waals surface area (Å²) in [5.41, 5.74) is 0.956. The summed E-state index contributed by atoms with van der Waals surface area (Å²) in [4.78, 5) is 27.4. The molecule has 4 rings (SSSR count). The number of fused-ring (bicyclic) bond motifs is 1. The summed E-state index contributed by atoms with van der Waals surface area (Å²) in [6.45, 7) is -0.488. The van der Waals surface area contributed by atoms with Gasteiger partial charge in [-0.2, -0.15) is 0 Å². The fourth-order valence-electron chi connectivity index (χ4n) is 3.64. The predicted octanol–water partition coefficient (Wildman–Crippen LogP) is 0.00830. The number of nitrogens with zero attached hydrogens (tertiary/aromatic N) is 5. The van der Waals surface area contributed by atoms with Gasteiger partial charge in [0.2, 0.25) is 0 Å². The molecule has 2 aliphatic rings. The molecule has 146 valence electrons. The van der Waals surface area contributed by atoms with E-state index in [1.165, 1.54) is 30.1 Å². The van der Waals surface area contributed by atoms with Crippen LogP contribution in [0.15, 0.2) is 12.7 Å². The predicted molar refractivity (Wildman–Crippen MR) is 90.1 cm³/mol. The third-order valence-corrected chi connectivity index (χ3v) is 5.01. The minimum atomic E-state index is -1.34. The molecule has 0 amide bonds. The first-order valence-corrected chi connectivity index (χ1v) is 8.77. The van der Waals surface area contributed by atoms with Gasteiger partial charge in [-0.15, -0.1) is 10.1 Å². The van der Waals surface area contributed by atoms with E-state index in [-0.39, 0.29) is 0 Å². The lowest BCUT2D eigenvalue weighted by Gasteiger charge is -2.17. The number of anilines is 1. The molecule has 1 aliphatic heterocycles. The van der Waals surface area contributed by atoms with Crippen molar-refractivity contribution < 1.29 is 24.9 Å². The van der Waals surface area contributed by atoms with Crippen molar-refractivity contribution >= 4 is 17.0 Å². The molecule has 12 heteroatoms. The highest BCUT2D eigenvalue weighted by Crippen LogP contribution is 2.33. The molecule has 0 radical (unpaired) electrons. The quantitative estimate of drug-likeness (QED) is 0.460. The second-order valence-corrected chi connectivity index (χ2v) is 6.74. The Labute approximate surface area is 153 Å². The summed E-state index contributed by atoms with van der Waals surface area (Å²) >= 11 is 0. The van der Waals surface area contributed by atoms with Crippen molar-refractivity contribution in [2.75, 3.05) is 11.9 Å². The van der Waals surface area contributed by atoms with Crippen molar-refractivity contribution in [1.29, 1.82) is 0 Å². The Morgan fingerprint density at radius 2 is 2.07 bits per heavy atom. The fourth-order valence-corrected chi connectivity index (χ4v) is 3.64. The highest BCUT2D eigenvalue weighted by Gasteiger charge is 2.44. The molecule has 27 heavy (non-hydrogen) atoms. The second kappa shape index (κ2) is 7.21. The van der Waals surface area contributed by atoms with Crippen LogP contribution in [0.5, 0.6) is 0 Å². The van der Waals surface area contributed by atoms with Crippen LogP contribution in [0.4, 0.5) is 5.82 Å². The zero-order valence-corrected chi connectivity index (χ0v) is 14.3. The Bertz CT molecular complexity index is 824. The largest absolute Gasteiger partial charge is 0.387 e. The molecular formula is C15H20N6O6. The molecular weight excluding hydrogens is 360 g/mol. The van der Waals surface area contributed by atoms with Crippen molar-refractivity contribution in [3.63, 3.8) is 0 Å². The van der Waals surface area contributed by atoms with E-state index in [2.05, 4.69) is 25.1 Å². The molecule has 3 heterocycles. The summed E-state index contributed by atoms with van der Waals surface area (Å²) in [5.74, 6) is 0.604. The summed E-state index contributed by atoms with van der Waals surface area (Å²) < 4.78 is 7.06. The van der Waals surface area contributed by atoms with Gasteiger partial charge >= 0.3 is 0 Å². The van der Waals surface area contributed by atoms with Crippen LogP contribution in [-0.2, 0) is 9.57 Å². The van der Waals surface area contributed by atoms with Crippen molar-refractivity contribution in [3.8, 4) is 0 Å². The Kier molecular flexibility index (Phi) is 4.76.